The number of alkyl halides is 2. The molecule has 0 amide bonds. The van der Waals surface area contributed by atoms with E-state index in [4.69, 9.17) is 4.74 Å². The monoisotopic (exact) mass is 978 g/mol. The minimum Gasteiger partial charge on any atom is -0.743 e. The highest BCUT2D eigenvalue weighted by molar-refractivity contribution is 14.1. The second kappa shape index (κ2) is 11.8. The van der Waals surface area contributed by atoms with Crippen LogP contribution in [0.5, 0.6) is 5.75 Å². The fraction of sp³-hybridized carbons (Fsp3) is 0.118. The van der Waals surface area contributed by atoms with Gasteiger partial charge in [0.2, 0.25) is 0 Å². The Morgan fingerprint density at radius 2 is 1.53 bits per heavy atom. The molecule has 0 fully saturated rings. The maximum atomic E-state index is 13.3. The second-order valence-electron chi connectivity index (χ2n) is 6.30. The Morgan fingerprint density at radius 1 is 1.00 bits per heavy atom. The van der Waals surface area contributed by atoms with Gasteiger partial charge in [-0.05, 0) is 96.4 Å². The first-order chi connectivity index (χ1) is 16.4. The van der Waals surface area contributed by atoms with Crippen LogP contribution in [0, 0.1) is 24.4 Å². The van der Waals surface area contributed by atoms with E-state index in [1.807, 2.05) is 45.2 Å². The van der Waals surface area contributed by atoms with E-state index in [9.17, 15) is 51.4 Å². The van der Waals surface area contributed by atoms with Crippen LogP contribution in [0.3, 0.4) is 0 Å². The van der Waals surface area contributed by atoms with Crippen molar-refractivity contribution in [2.24, 2.45) is 0 Å². The van der Waals surface area contributed by atoms with E-state index in [-0.39, 0.29) is 18.3 Å². The lowest BCUT2D eigenvalue weighted by molar-refractivity contribution is -0.385. The number of esters is 2. The van der Waals surface area contributed by atoms with Gasteiger partial charge in [0.1, 0.15) is 11.3 Å². The molecule has 0 aliphatic rings. The molecule has 36 heavy (non-hydrogen) atoms. The number of aromatic carboxylic acids is 1. The number of carbonyl (C=O) groups excluding carboxylic acids is 2. The van der Waals surface area contributed by atoms with Gasteiger partial charge in [0, 0.05) is 26.4 Å². The van der Waals surface area contributed by atoms with Crippen molar-refractivity contribution in [3.8, 4) is 5.75 Å². The summed E-state index contributed by atoms with van der Waals surface area (Å²) in [6.45, 7) is -2.22. The topological polar surface area (TPSA) is 190 Å². The van der Waals surface area contributed by atoms with Crippen molar-refractivity contribution >= 4 is 124 Å². The summed E-state index contributed by atoms with van der Waals surface area (Å²) in [5.74, 6) is -5.00. The van der Waals surface area contributed by atoms with Crippen molar-refractivity contribution in [1.82, 2.24) is 0 Å². The zero-order valence-corrected chi connectivity index (χ0v) is 26.0. The number of nitro benzene ring substituents is 1. The predicted octanol–water partition coefficient (Wildman–Crippen LogP) is 4.23. The minimum absolute atomic E-state index is 0.225. The van der Waals surface area contributed by atoms with Gasteiger partial charge in [0.15, 0.2) is 16.7 Å². The predicted molar refractivity (Wildman–Crippen MR) is 147 cm³/mol. The van der Waals surface area contributed by atoms with Crippen molar-refractivity contribution in [2.75, 3.05) is 6.61 Å². The van der Waals surface area contributed by atoms with Gasteiger partial charge < -0.3 is 19.1 Å². The first-order valence-electron chi connectivity index (χ1n) is 8.51. The number of carboxylic acids is 1. The molecule has 0 atom stereocenters. The highest BCUT2D eigenvalue weighted by Gasteiger charge is 2.40. The number of carbonyl (C=O) groups is 3. The minimum atomic E-state index is -6.20. The van der Waals surface area contributed by atoms with Crippen LogP contribution in [0.25, 0.3) is 0 Å². The molecule has 1 N–H and O–H groups in total. The van der Waals surface area contributed by atoms with Crippen LogP contribution in [0.4, 0.5) is 14.5 Å². The molecule has 0 aliphatic carbocycles. The molecule has 12 nitrogen and oxygen atoms in total. The molecule has 0 saturated carbocycles. The molecule has 0 radical (unpaired) electrons. The fourth-order valence-electron chi connectivity index (χ4n) is 2.38. The highest BCUT2D eigenvalue weighted by atomic mass is 127. The molecule has 2 aromatic carbocycles. The number of nitro groups is 1. The van der Waals surface area contributed by atoms with Crippen LogP contribution in [0.15, 0.2) is 18.2 Å². The highest BCUT2D eigenvalue weighted by Crippen LogP contribution is 2.34. The molecule has 19 heteroatoms. The average Bonchev–Trinajstić information content (AvgIpc) is 2.76. The Balaban J connectivity index is 2.49. The Bertz CT molecular complexity index is 1420. The lowest BCUT2D eigenvalue weighted by atomic mass is 10.1. The summed E-state index contributed by atoms with van der Waals surface area (Å²) in [4.78, 5) is 47.1. The van der Waals surface area contributed by atoms with E-state index >= 15 is 0 Å². The Kier molecular flexibility index (Phi) is 10.2. The van der Waals surface area contributed by atoms with Crippen LogP contribution in [0.2, 0.25) is 0 Å². The smallest absolute Gasteiger partial charge is 0.367 e. The zero-order valence-electron chi connectivity index (χ0n) is 16.6. The lowest BCUT2D eigenvalue weighted by Gasteiger charge is -2.19. The normalized spacial score (nSPS) is 11.6. The van der Waals surface area contributed by atoms with Crippen molar-refractivity contribution in [2.45, 2.75) is 5.25 Å². The summed E-state index contributed by atoms with van der Waals surface area (Å²) in [7, 11) is -6.20. The number of benzene rings is 2. The number of rotatable bonds is 8. The Morgan fingerprint density at radius 3 is 2.00 bits per heavy atom. The van der Waals surface area contributed by atoms with Crippen LogP contribution >= 0.6 is 90.4 Å². The van der Waals surface area contributed by atoms with Gasteiger partial charge in [-0.2, -0.15) is 8.78 Å². The molecule has 2 rings (SSSR count). The van der Waals surface area contributed by atoms with Gasteiger partial charge in [-0.1, -0.05) is 0 Å². The van der Waals surface area contributed by atoms with Gasteiger partial charge in [-0.3, -0.25) is 10.1 Å². The number of nitrogens with zero attached hydrogens (tertiary/aromatic N) is 1. The van der Waals surface area contributed by atoms with E-state index < -0.39 is 61.8 Å². The summed E-state index contributed by atoms with van der Waals surface area (Å²) >= 11 is 7.25. The van der Waals surface area contributed by atoms with Crippen molar-refractivity contribution in [3.63, 3.8) is 0 Å². The van der Waals surface area contributed by atoms with Gasteiger partial charge >= 0.3 is 23.2 Å². The first-order valence-corrected chi connectivity index (χ1v) is 14.2. The van der Waals surface area contributed by atoms with E-state index in [1.165, 1.54) is 0 Å². The summed E-state index contributed by atoms with van der Waals surface area (Å²) in [5, 5.41) is 15.8. The molecule has 0 aromatic heterocycles. The molecule has 194 valence electrons. The number of halogens is 6. The van der Waals surface area contributed by atoms with E-state index in [1.54, 1.807) is 45.2 Å². The molecule has 2 aromatic rings. The molecule has 0 heterocycles. The molecular weight excluding hydrogens is 972 g/mol. The third kappa shape index (κ3) is 6.68. The summed E-state index contributed by atoms with van der Waals surface area (Å²) in [6.07, 6.45) is 0. The standard InChI is InChI=1S/C17H7F2I4NO11S/c18-17(19,36(31,32)33)4-34-15(27)6-3-5(1-2-7(6)24(29)30)35-16(28)9-8(14(25)26)10(20)12(22)13(23)11(9)21/h1-3H,4H2,(H,25,26)(H,31,32,33)/p-1. The number of ether oxygens (including phenoxy) is 2. The fourth-order valence-corrected chi connectivity index (χ4v) is 6.23. The van der Waals surface area contributed by atoms with Crippen molar-refractivity contribution < 1.29 is 55.6 Å². The summed E-state index contributed by atoms with van der Waals surface area (Å²) in [6, 6.07) is 2.13. The van der Waals surface area contributed by atoms with Crippen LogP contribution < -0.4 is 4.74 Å². The molecular formula is C17H6F2I4NO11S-. The third-order valence-corrected chi connectivity index (χ3v) is 12.3. The molecule has 0 unspecified atom stereocenters. The summed E-state index contributed by atoms with van der Waals surface area (Å²) < 4.78 is 69.0. The largest absolute Gasteiger partial charge is 0.743 e. The lowest BCUT2D eigenvalue weighted by Crippen LogP contribution is -2.34. The average molecular weight is 978 g/mol. The number of hydrogen-bond donors (Lipinski definition) is 1. The third-order valence-electron chi connectivity index (χ3n) is 4.02. The molecule has 0 saturated heterocycles. The van der Waals surface area contributed by atoms with E-state index in [0.29, 0.717) is 19.3 Å². The Hall–Kier alpha value is -1.06. The quantitative estimate of drug-likeness (QED) is 0.0583. The second-order valence-corrected chi connectivity index (χ2v) is 12.1. The number of carboxylic acid groups (broad SMARTS) is 1. The van der Waals surface area contributed by atoms with Gasteiger partial charge in [-0.15, -0.1) is 0 Å². The molecule has 0 spiro atoms. The van der Waals surface area contributed by atoms with Crippen LogP contribution in [-0.4, -0.2) is 52.8 Å². The van der Waals surface area contributed by atoms with E-state index in [0.717, 1.165) is 6.07 Å². The van der Waals surface area contributed by atoms with Crippen LogP contribution in [-0.2, 0) is 14.9 Å². The van der Waals surface area contributed by atoms with Gasteiger partial charge in [0.05, 0.1) is 16.1 Å². The van der Waals surface area contributed by atoms with E-state index in [2.05, 4.69) is 4.74 Å². The number of hydrogen-bond acceptors (Lipinski definition) is 10. The van der Waals surface area contributed by atoms with Gasteiger partial charge in [-0.25, -0.2) is 22.8 Å². The van der Waals surface area contributed by atoms with Crippen LogP contribution in [0.1, 0.15) is 31.1 Å². The SMILES string of the molecule is O=C(OCC(F)(F)S(=O)(=O)[O-])c1cc(OC(=O)c2c(I)c(I)c(I)c(I)c2C(=O)O)ccc1[N+](=O)[O-]. The first kappa shape index (κ1) is 31.2. The maximum Gasteiger partial charge on any atom is 0.367 e. The Labute approximate surface area is 253 Å². The summed E-state index contributed by atoms with van der Waals surface area (Å²) in [5.41, 5.74) is -2.71. The molecule has 0 bridgehead atoms. The molecule has 0 aliphatic heterocycles. The van der Waals surface area contributed by atoms with Crippen molar-refractivity contribution in [3.05, 3.63) is 59.3 Å². The zero-order chi connectivity index (χ0) is 27.7. The van der Waals surface area contributed by atoms with Crippen molar-refractivity contribution in [1.29, 1.82) is 0 Å². The van der Waals surface area contributed by atoms with Gasteiger partial charge in [0.25, 0.3) is 5.69 Å². The maximum absolute atomic E-state index is 13.3.